The molecule has 1 heterocycles. The Hall–Kier alpha value is -2.69. The molecule has 5 nitrogen and oxygen atoms in total. The monoisotopic (exact) mass is 341 g/mol. The molecule has 0 aliphatic carbocycles. The SMILES string of the molecule is CCOc1cc2c(cc1CNC(=O)c1ccccc1OC)O[C@@H](C)C2. The maximum Gasteiger partial charge on any atom is 0.255 e. The maximum absolute atomic E-state index is 12.5. The van der Waals surface area contributed by atoms with Crippen molar-refractivity contribution in [2.24, 2.45) is 0 Å². The first-order valence-electron chi connectivity index (χ1n) is 8.48. The molecule has 1 amide bonds. The fraction of sp³-hybridized carbons (Fsp3) is 0.350. The summed E-state index contributed by atoms with van der Waals surface area (Å²) in [4.78, 5) is 12.5. The average Bonchev–Trinajstić information content (AvgIpc) is 2.98. The second-order valence-corrected chi connectivity index (χ2v) is 6.02. The van der Waals surface area contributed by atoms with E-state index in [-0.39, 0.29) is 12.0 Å². The van der Waals surface area contributed by atoms with Gasteiger partial charge in [0.15, 0.2) is 0 Å². The summed E-state index contributed by atoms with van der Waals surface area (Å²) in [5.41, 5.74) is 2.56. The molecule has 1 aliphatic heterocycles. The predicted molar refractivity (Wildman–Crippen MR) is 95.6 cm³/mol. The van der Waals surface area contributed by atoms with E-state index < -0.39 is 0 Å². The summed E-state index contributed by atoms with van der Waals surface area (Å²) in [5, 5.41) is 2.94. The van der Waals surface area contributed by atoms with Gasteiger partial charge in [-0.3, -0.25) is 4.79 Å². The van der Waals surface area contributed by atoms with Gasteiger partial charge >= 0.3 is 0 Å². The third-order valence-electron chi connectivity index (χ3n) is 4.17. The normalized spacial score (nSPS) is 15.2. The van der Waals surface area contributed by atoms with E-state index in [0.717, 1.165) is 29.0 Å². The molecule has 2 aromatic rings. The van der Waals surface area contributed by atoms with Crippen molar-refractivity contribution in [2.75, 3.05) is 13.7 Å². The largest absolute Gasteiger partial charge is 0.496 e. The van der Waals surface area contributed by atoms with Crippen molar-refractivity contribution in [3.63, 3.8) is 0 Å². The zero-order valence-electron chi connectivity index (χ0n) is 14.8. The number of fused-ring (bicyclic) bond motifs is 1. The van der Waals surface area contributed by atoms with Gasteiger partial charge in [-0.05, 0) is 38.1 Å². The van der Waals surface area contributed by atoms with Crippen LogP contribution in [-0.2, 0) is 13.0 Å². The van der Waals surface area contributed by atoms with Crippen LogP contribution in [0.3, 0.4) is 0 Å². The molecule has 5 heteroatoms. The van der Waals surface area contributed by atoms with Crippen LogP contribution in [0.25, 0.3) is 0 Å². The molecular weight excluding hydrogens is 318 g/mol. The lowest BCUT2D eigenvalue weighted by Crippen LogP contribution is -2.23. The molecule has 0 bridgehead atoms. The van der Waals surface area contributed by atoms with Crippen LogP contribution in [-0.4, -0.2) is 25.7 Å². The molecular formula is C20H23NO4. The van der Waals surface area contributed by atoms with Crippen LogP contribution in [0.5, 0.6) is 17.2 Å². The maximum atomic E-state index is 12.5. The highest BCUT2D eigenvalue weighted by atomic mass is 16.5. The second-order valence-electron chi connectivity index (χ2n) is 6.02. The predicted octanol–water partition coefficient (Wildman–Crippen LogP) is 3.35. The van der Waals surface area contributed by atoms with Gasteiger partial charge in [-0.25, -0.2) is 0 Å². The minimum atomic E-state index is -0.185. The first-order chi connectivity index (χ1) is 12.1. The molecule has 0 fully saturated rings. The van der Waals surface area contributed by atoms with Crippen molar-refractivity contribution in [1.82, 2.24) is 5.32 Å². The molecule has 1 atom stereocenters. The van der Waals surface area contributed by atoms with Crippen molar-refractivity contribution in [3.05, 3.63) is 53.1 Å². The molecule has 0 saturated heterocycles. The van der Waals surface area contributed by atoms with Gasteiger partial charge in [0.2, 0.25) is 0 Å². The number of benzene rings is 2. The van der Waals surface area contributed by atoms with Gasteiger partial charge in [0.05, 0.1) is 19.3 Å². The third-order valence-corrected chi connectivity index (χ3v) is 4.17. The van der Waals surface area contributed by atoms with Crippen molar-refractivity contribution < 1.29 is 19.0 Å². The summed E-state index contributed by atoms with van der Waals surface area (Å²) < 4.78 is 16.8. The number of amides is 1. The molecule has 25 heavy (non-hydrogen) atoms. The first kappa shape index (κ1) is 17.1. The highest BCUT2D eigenvalue weighted by molar-refractivity contribution is 5.96. The van der Waals surface area contributed by atoms with Gasteiger partial charge in [0.1, 0.15) is 23.4 Å². The number of hydrogen-bond acceptors (Lipinski definition) is 4. The standard InChI is InChI=1S/C20H23NO4/c1-4-24-18-10-14-9-13(2)25-19(14)11-15(18)12-21-20(22)16-7-5-6-8-17(16)23-3/h5-8,10-11,13H,4,9,12H2,1-3H3,(H,21,22)/t13-/m0/s1. The highest BCUT2D eigenvalue weighted by Gasteiger charge is 2.22. The van der Waals surface area contributed by atoms with Crippen LogP contribution >= 0.6 is 0 Å². The fourth-order valence-corrected chi connectivity index (χ4v) is 3.01. The van der Waals surface area contributed by atoms with Crippen molar-refractivity contribution in [2.45, 2.75) is 32.9 Å². The number of ether oxygens (including phenoxy) is 3. The minimum absolute atomic E-state index is 0.169. The number of methoxy groups -OCH3 is 1. The fourth-order valence-electron chi connectivity index (χ4n) is 3.01. The van der Waals surface area contributed by atoms with E-state index in [0.29, 0.717) is 24.5 Å². The summed E-state index contributed by atoms with van der Waals surface area (Å²) >= 11 is 0. The van der Waals surface area contributed by atoms with Gasteiger partial charge in [-0.15, -0.1) is 0 Å². The van der Waals surface area contributed by atoms with Crippen LogP contribution in [0.4, 0.5) is 0 Å². The Bertz CT molecular complexity index is 772. The lowest BCUT2D eigenvalue weighted by molar-refractivity contribution is 0.0947. The second kappa shape index (κ2) is 7.47. The number of nitrogens with one attached hydrogen (secondary N) is 1. The van der Waals surface area contributed by atoms with Gasteiger partial charge in [0, 0.05) is 24.1 Å². The number of carbonyl (C=O) groups excluding carboxylic acids is 1. The molecule has 0 radical (unpaired) electrons. The average molecular weight is 341 g/mol. The molecule has 2 aromatic carbocycles. The van der Waals surface area contributed by atoms with E-state index in [4.69, 9.17) is 14.2 Å². The Morgan fingerprint density at radius 3 is 2.84 bits per heavy atom. The van der Waals surface area contributed by atoms with E-state index in [9.17, 15) is 4.79 Å². The summed E-state index contributed by atoms with van der Waals surface area (Å²) in [6.07, 6.45) is 1.05. The Morgan fingerprint density at radius 1 is 1.28 bits per heavy atom. The molecule has 1 N–H and O–H groups in total. The summed E-state index contributed by atoms with van der Waals surface area (Å²) in [5.74, 6) is 2.03. The van der Waals surface area contributed by atoms with Crippen LogP contribution in [0.2, 0.25) is 0 Å². The number of carbonyl (C=O) groups is 1. The Kier molecular flexibility index (Phi) is 5.12. The molecule has 0 spiro atoms. The van der Waals surface area contributed by atoms with Gasteiger partial charge in [0.25, 0.3) is 5.91 Å². The molecule has 132 valence electrons. The van der Waals surface area contributed by atoms with Gasteiger partial charge < -0.3 is 19.5 Å². The lowest BCUT2D eigenvalue weighted by Gasteiger charge is -2.14. The number of rotatable bonds is 6. The molecule has 1 aliphatic rings. The zero-order valence-corrected chi connectivity index (χ0v) is 14.8. The topological polar surface area (TPSA) is 56.8 Å². The van der Waals surface area contributed by atoms with Gasteiger partial charge in [-0.2, -0.15) is 0 Å². The first-order valence-corrected chi connectivity index (χ1v) is 8.48. The van der Waals surface area contributed by atoms with E-state index in [2.05, 4.69) is 5.32 Å². The third kappa shape index (κ3) is 3.71. The van der Waals surface area contributed by atoms with Gasteiger partial charge in [-0.1, -0.05) is 12.1 Å². The number of para-hydroxylation sites is 1. The van der Waals surface area contributed by atoms with Crippen LogP contribution < -0.4 is 19.5 Å². The summed E-state index contributed by atoms with van der Waals surface area (Å²) in [6, 6.07) is 11.1. The Morgan fingerprint density at radius 2 is 2.08 bits per heavy atom. The van der Waals surface area contributed by atoms with Crippen LogP contribution in [0, 0.1) is 0 Å². The van der Waals surface area contributed by atoms with Crippen molar-refractivity contribution in [1.29, 1.82) is 0 Å². The minimum Gasteiger partial charge on any atom is -0.496 e. The van der Waals surface area contributed by atoms with Crippen molar-refractivity contribution >= 4 is 5.91 Å². The van der Waals surface area contributed by atoms with E-state index in [1.54, 1.807) is 19.2 Å². The quantitative estimate of drug-likeness (QED) is 0.875. The van der Waals surface area contributed by atoms with E-state index in [1.165, 1.54) is 0 Å². The van der Waals surface area contributed by atoms with E-state index >= 15 is 0 Å². The smallest absolute Gasteiger partial charge is 0.255 e. The van der Waals surface area contributed by atoms with Crippen molar-refractivity contribution in [3.8, 4) is 17.2 Å². The Balaban J connectivity index is 1.78. The molecule has 0 unspecified atom stereocenters. The Labute approximate surface area is 147 Å². The molecule has 0 saturated carbocycles. The molecule has 0 aromatic heterocycles. The lowest BCUT2D eigenvalue weighted by atomic mass is 10.1. The number of hydrogen-bond donors (Lipinski definition) is 1. The van der Waals surface area contributed by atoms with Crippen LogP contribution in [0.1, 0.15) is 35.3 Å². The van der Waals surface area contributed by atoms with E-state index in [1.807, 2.05) is 38.1 Å². The zero-order chi connectivity index (χ0) is 17.8. The molecule has 3 rings (SSSR count). The summed E-state index contributed by atoms with van der Waals surface area (Å²) in [7, 11) is 1.55. The van der Waals surface area contributed by atoms with Crippen LogP contribution in [0.15, 0.2) is 36.4 Å². The summed E-state index contributed by atoms with van der Waals surface area (Å²) in [6.45, 7) is 4.92. The highest BCUT2D eigenvalue weighted by Crippen LogP contribution is 2.35.